The second kappa shape index (κ2) is 5.61. The van der Waals surface area contributed by atoms with Gasteiger partial charge in [0.1, 0.15) is 0 Å². The van der Waals surface area contributed by atoms with E-state index in [0.717, 1.165) is 31.5 Å². The molecular formula is C14H22N2O2S. The molecule has 0 saturated carbocycles. The van der Waals surface area contributed by atoms with Crippen LogP contribution in [0.1, 0.15) is 25.3 Å². The van der Waals surface area contributed by atoms with Crippen LogP contribution in [0, 0.1) is 12.3 Å². The lowest BCUT2D eigenvalue weighted by atomic mass is 9.83. The maximum atomic E-state index is 12.3. The van der Waals surface area contributed by atoms with Crippen molar-refractivity contribution < 1.29 is 8.42 Å². The van der Waals surface area contributed by atoms with Crippen LogP contribution < -0.4 is 10.0 Å². The number of aryl methyl sites for hydroxylation is 1. The molecule has 0 amide bonds. The first-order valence-electron chi connectivity index (χ1n) is 6.69. The predicted octanol–water partition coefficient (Wildman–Crippen LogP) is 1.66. The number of nitrogens with one attached hydrogen (secondary N) is 2. The van der Waals surface area contributed by atoms with Crippen LogP contribution >= 0.6 is 0 Å². The fraction of sp³-hybridized carbons (Fsp3) is 0.571. The van der Waals surface area contributed by atoms with Crippen LogP contribution in [0.15, 0.2) is 29.2 Å². The van der Waals surface area contributed by atoms with Gasteiger partial charge in [0.2, 0.25) is 10.0 Å². The summed E-state index contributed by atoms with van der Waals surface area (Å²) in [6, 6.07) is 7.07. The molecule has 4 nitrogen and oxygen atoms in total. The van der Waals surface area contributed by atoms with Crippen molar-refractivity contribution >= 4 is 10.0 Å². The van der Waals surface area contributed by atoms with Gasteiger partial charge in [0.15, 0.2) is 0 Å². The zero-order chi connectivity index (χ0) is 13.9. The molecule has 1 aliphatic rings. The number of hydrogen-bond acceptors (Lipinski definition) is 3. The molecule has 1 aromatic rings. The van der Waals surface area contributed by atoms with Crippen LogP contribution in [0.2, 0.25) is 0 Å². The molecule has 5 heteroatoms. The minimum absolute atomic E-state index is 0.00794. The van der Waals surface area contributed by atoms with Gasteiger partial charge >= 0.3 is 0 Å². The van der Waals surface area contributed by atoms with E-state index in [-0.39, 0.29) is 5.41 Å². The lowest BCUT2D eigenvalue weighted by Gasteiger charge is -2.34. The Morgan fingerprint density at radius 1 is 1.37 bits per heavy atom. The third-order valence-electron chi connectivity index (χ3n) is 3.76. The summed E-state index contributed by atoms with van der Waals surface area (Å²) >= 11 is 0. The van der Waals surface area contributed by atoms with Crippen molar-refractivity contribution in [1.82, 2.24) is 10.0 Å². The summed E-state index contributed by atoms with van der Waals surface area (Å²) in [4.78, 5) is 0.377. The summed E-state index contributed by atoms with van der Waals surface area (Å²) in [5, 5.41) is 3.33. The van der Waals surface area contributed by atoms with E-state index in [1.165, 1.54) is 0 Å². The molecule has 0 aromatic heterocycles. The number of piperidine rings is 1. The standard InChI is InChI=1S/C14H22N2O2S/c1-12-6-3-4-7-13(12)19(17,18)16-11-14(2)8-5-9-15-10-14/h3-4,6-7,15-16H,5,8-11H2,1-2H3. The first-order chi connectivity index (χ1) is 8.93. The van der Waals surface area contributed by atoms with E-state index in [1.807, 2.05) is 19.1 Å². The Morgan fingerprint density at radius 3 is 2.74 bits per heavy atom. The Bertz CT molecular complexity index is 534. The van der Waals surface area contributed by atoms with Gasteiger partial charge in [0.05, 0.1) is 4.90 Å². The molecule has 1 heterocycles. The minimum atomic E-state index is -3.41. The van der Waals surface area contributed by atoms with E-state index in [4.69, 9.17) is 0 Å². The number of sulfonamides is 1. The zero-order valence-electron chi connectivity index (χ0n) is 11.6. The number of benzene rings is 1. The summed E-state index contributed by atoms with van der Waals surface area (Å²) in [7, 11) is -3.41. The van der Waals surface area contributed by atoms with Crippen LogP contribution in [0.5, 0.6) is 0 Å². The van der Waals surface area contributed by atoms with Crippen molar-refractivity contribution in [2.24, 2.45) is 5.41 Å². The van der Waals surface area contributed by atoms with Crippen molar-refractivity contribution in [3.05, 3.63) is 29.8 Å². The first kappa shape index (κ1) is 14.5. The maximum absolute atomic E-state index is 12.3. The molecule has 1 atom stereocenters. The third kappa shape index (κ3) is 3.55. The van der Waals surface area contributed by atoms with Crippen molar-refractivity contribution in [2.75, 3.05) is 19.6 Å². The van der Waals surface area contributed by atoms with Crippen molar-refractivity contribution in [1.29, 1.82) is 0 Å². The molecule has 0 spiro atoms. The average Bonchev–Trinajstić information content (AvgIpc) is 2.38. The van der Waals surface area contributed by atoms with Gasteiger partial charge in [0.25, 0.3) is 0 Å². The van der Waals surface area contributed by atoms with E-state index in [1.54, 1.807) is 12.1 Å². The van der Waals surface area contributed by atoms with Crippen LogP contribution in [-0.4, -0.2) is 28.1 Å². The molecule has 2 N–H and O–H groups in total. The maximum Gasteiger partial charge on any atom is 0.240 e. The summed E-state index contributed by atoms with van der Waals surface area (Å²) in [5.41, 5.74) is 0.787. The Hall–Kier alpha value is -0.910. The summed E-state index contributed by atoms with van der Waals surface area (Å²) in [6.07, 6.45) is 2.15. The molecule has 1 saturated heterocycles. The molecule has 19 heavy (non-hydrogen) atoms. The second-order valence-corrected chi connectivity index (χ2v) is 7.42. The summed E-state index contributed by atoms with van der Waals surface area (Å²) in [6.45, 7) is 6.32. The van der Waals surface area contributed by atoms with Gasteiger partial charge in [-0.25, -0.2) is 13.1 Å². The molecule has 1 fully saturated rings. The molecule has 1 aliphatic heterocycles. The lowest BCUT2D eigenvalue weighted by Crippen LogP contribution is -2.45. The van der Waals surface area contributed by atoms with Gasteiger partial charge in [-0.3, -0.25) is 0 Å². The summed E-state index contributed by atoms with van der Waals surface area (Å²) in [5.74, 6) is 0. The van der Waals surface area contributed by atoms with Gasteiger partial charge in [-0.1, -0.05) is 25.1 Å². The van der Waals surface area contributed by atoms with Crippen LogP contribution in [-0.2, 0) is 10.0 Å². The Labute approximate surface area is 115 Å². The Morgan fingerprint density at radius 2 is 2.11 bits per heavy atom. The van der Waals surface area contributed by atoms with Gasteiger partial charge in [-0.2, -0.15) is 0 Å². The SMILES string of the molecule is Cc1ccccc1S(=O)(=O)NCC1(C)CCCNC1. The number of hydrogen-bond donors (Lipinski definition) is 2. The largest absolute Gasteiger partial charge is 0.316 e. The van der Waals surface area contributed by atoms with Gasteiger partial charge in [-0.05, 0) is 43.4 Å². The topological polar surface area (TPSA) is 58.2 Å². The van der Waals surface area contributed by atoms with E-state index in [2.05, 4.69) is 17.0 Å². The van der Waals surface area contributed by atoms with E-state index < -0.39 is 10.0 Å². The molecule has 106 valence electrons. The van der Waals surface area contributed by atoms with Gasteiger partial charge in [0, 0.05) is 13.1 Å². The van der Waals surface area contributed by atoms with E-state index in [9.17, 15) is 8.42 Å². The van der Waals surface area contributed by atoms with Crippen LogP contribution in [0.3, 0.4) is 0 Å². The van der Waals surface area contributed by atoms with Gasteiger partial charge in [-0.15, -0.1) is 0 Å². The Balaban J connectivity index is 2.08. The zero-order valence-corrected chi connectivity index (χ0v) is 12.4. The molecule has 0 bridgehead atoms. The quantitative estimate of drug-likeness (QED) is 0.883. The van der Waals surface area contributed by atoms with Crippen molar-refractivity contribution in [2.45, 2.75) is 31.6 Å². The molecule has 2 rings (SSSR count). The first-order valence-corrected chi connectivity index (χ1v) is 8.17. The fourth-order valence-corrected chi connectivity index (χ4v) is 3.92. The summed E-state index contributed by atoms with van der Waals surface area (Å²) < 4.78 is 27.4. The molecule has 0 aliphatic carbocycles. The highest BCUT2D eigenvalue weighted by molar-refractivity contribution is 7.89. The second-order valence-electron chi connectivity index (χ2n) is 5.68. The lowest BCUT2D eigenvalue weighted by molar-refractivity contribution is 0.238. The normalized spacial score (nSPS) is 24.3. The third-order valence-corrected chi connectivity index (χ3v) is 5.32. The Kier molecular flexibility index (Phi) is 4.28. The molecule has 1 aromatic carbocycles. The highest BCUT2D eigenvalue weighted by atomic mass is 32.2. The van der Waals surface area contributed by atoms with Crippen molar-refractivity contribution in [3.63, 3.8) is 0 Å². The highest BCUT2D eigenvalue weighted by Crippen LogP contribution is 2.25. The van der Waals surface area contributed by atoms with Crippen LogP contribution in [0.25, 0.3) is 0 Å². The predicted molar refractivity (Wildman–Crippen MR) is 76.6 cm³/mol. The smallest absolute Gasteiger partial charge is 0.240 e. The molecule has 1 unspecified atom stereocenters. The monoisotopic (exact) mass is 282 g/mol. The minimum Gasteiger partial charge on any atom is -0.316 e. The number of rotatable bonds is 4. The van der Waals surface area contributed by atoms with E-state index >= 15 is 0 Å². The van der Waals surface area contributed by atoms with Gasteiger partial charge < -0.3 is 5.32 Å². The molecule has 0 radical (unpaired) electrons. The van der Waals surface area contributed by atoms with Crippen molar-refractivity contribution in [3.8, 4) is 0 Å². The average molecular weight is 282 g/mol. The fourth-order valence-electron chi connectivity index (χ4n) is 2.47. The van der Waals surface area contributed by atoms with Crippen LogP contribution in [0.4, 0.5) is 0 Å². The van der Waals surface area contributed by atoms with E-state index in [0.29, 0.717) is 11.4 Å². The molecular weight excluding hydrogens is 260 g/mol. The highest BCUT2D eigenvalue weighted by Gasteiger charge is 2.29.